The van der Waals surface area contributed by atoms with Crippen LogP contribution in [0.3, 0.4) is 0 Å². The Hall–Kier alpha value is -2.10. The second-order valence-electron chi connectivity index (χ2n) is 5.59. The highest BCUT2D eigenvalue weighted by atomic mass is 19.4. The van der Waals surface area contributed by atoms with E-state index >= 15 is 0 Å². The van der Waals surface area contributed by atoms with Crippen molar-refractivity contribution < 1.29 is 18.0 Å². The molecular formula is C19H19F3O. The van der Waals surface area contributed by atoms with Gasteiger partial charge in [0.05, 0.1) is 5.92 Å². The van der Waals surface area contributed by atoms with Gasteiger partial charge < -0.3 is 0 Å². The molecule has 0 bridgehead atoms. The third kappa shape index (κ3) is 5.55. The SMILES string of the molecule is O=C(CCCc1ccccc1)C[C@@H](c1ccccc1)C(F)(F)F. The molecule has 23 heavy (non-hydrogen) atoms. The highest BCUT2D eigenvalue weighted by Crippen LogP contribution is 2.37. The fourth-order valence-electron chi connectivity index (χ4n) is 2.57. The van der Waals surface area contributed by atoms with Crippen molar-refractivity contribution in [2.24, 2.45) is 0 Å². The molecular weight excluding hydrogens is 301 g/mol. The molecule has 0 unspecified atom stereocenters. The summed E-state index contributed by atoms with van der Waals surface area (Å²) in [6, 6.07) is 17.3. The maximum absolute atomic E-state index is 13.2. The normalized spacial score (nSPS) is 12.8. The summed E-state index contributed by atoms with van der Waals surface area (Å²) in [5, 5.41) is 0. The van der Waals surface area contributed by atoms with Crippen molar-refractivity contribution >= 4 is 5.78 Å². The van der Waals surface area contributed by atoms with Crippen LogP contribution in [0.15, 0.2) is 60.7 Å². The lowest BCUT2D eigenvalue weighted by Gasteiger charge is -2.20. The predicted octanol–water partition coefficient (Wildman–Crippen LogP) is 5.31. The van der Waals surface area contributed by atoms with Crippen molar-refractivity contribution in [3.8, 4) is 0 Å². The molecule has 0 aromatic heterocycles. The molecule has 0 fully saturated rings. The first-order chi connectivity index (χ1) is 11.0. The zero-order chi connectivity index (χ0) is 16.7. The molecule has 0 spiro atoms. The van der Waals surface area contributed by atoms with Gasteiger partial charge in [-0.25, -0.2) is 0 Å². The fourth-order valence-corrected chi connectivity index (χ4v) is 2.57. The van der Waals surface area contributed by atoms with Gasteiger partial charge in [-0.3, -0.25) is 4.79 Å². The molecule has 0 heterocycles. The van der Waals surface area contributed by atoms with E-state index in [4.69, 9.17) is 0 Å². The molecule has 0 amide bonds. The number of hydrogen-bond donors (Lipinski definition) is 0. The van der Waals surface area contributed by atoms with Crippen molar-refractivity contribution in [2.75, 3.05) is 0 Å². The van der Waals surface area contributed by atoms with E-state index in [1.807, 2.05) is 30.3 Å². The van der Waals surface area contributed by atoms with Gasteiger partial charge in [0.15, 0.2) is 0 Å². The molecule has 0 saturated carbocycles. The van der Waals surface area contributed by atoms with Gasteiger partial charge in [-0.05, 0) is 24.0 Å². The highest BCUT2D eigenvalue weighted by Gasteiger charge is 2.41. The zero-order valence-corrected chi connectivity index (χ0v) is 12.7. The maximum atomic E-state index is 13.2. The third-order valence-electron chi connectivity index (χ3n) is 3.79. The Labute approximate surface area is 134 Å². The van der Waals surface area contributed by atoms with E-state index in [-0.39, 0.29) is 17.8 Å². The smallest absolute Gasteiger partial charge is 0.300 e. The van der Waals surface area contributed by atoms with Crippen LogP contribution >= 0.6 is 0 Å². The molecule has 0 radical (unpaired) electrons. The van der Waals surface area contributed by atoms with Gasteiger partial charge in [0.1, 0.15) is 5.78 Å². The average molecular weight is 320 g/mol. The Bertz CT molecular complexity index is 606. The zero-order valence-electron chi connectivity index (χ0n) is 12.7. The summed E-state index contributed by atoms with van der Waals surface area (Å²) in [7, 11) is 0. The lowest BCUT2D eigenvalue weighted by atomic mass is 9.91. The lowest BCUT2D eigenvalue weighted by molar-refractivity contribution is -0.156. The summed E-state index contributed by atoms with van der Waals surface area (Å²) in [6.07, 6.45) is -3.44. The molecule has 122 valence electrons. The molecule has 0 N–H and O–H groups in total. The van der Waals surface area contributed by atoms with E-state index in [9.17, 15) is 18.0 Å². The molecule has 1 nitrogen and oxygen atoms in total. The van der Waals surface area contributed by atoms with Crippen LogP contribution in [-0.4, -0.2) is 12.0 Å². The van der Waals surface area contributed by atoms with E-state index < -0.39 is 18.5 Å². The summed E-state index contributed by atoms with van der Waals surface area (Å²) in [4.78, 5) is 12.0. The monoisotopic (exact) mass is 320 g/mol. The molecule has 0 aliphatic heterocycles. The van der Waals surface area contributed by atoms with Crippen LogP contribution in [0.1, 0.15) is 36.3 Å². The Balaban J connectivity index is 1.91. The van der Waals surface area contributed by atoms with E-state index in [1.165, 1.54) is 12.1 Å². The average Bonchev–Trinajstić information content (AvgIpc) is 2.53. The van der Waals surface area contributed by atoms with Gasteiger partial charge in [0.25, 0.3) is 0 Å². The number of rotatable bonds is 7. The number of Topliss-reactive ketones (excluding diaryl/α,β-unsaturated/α-hetero) is 1. The van der Waals surface area contributed by atoms with E-state index in [0.29, 0.717) is 12.8 Å². The second kappa shape index (κ2) is 7.95. The molecule has 0 saturated heterocycles. The third-order valence-corrected chi connectivity index (χ3v) is 3.79. The van der Waals surface area contributed by atoms with Crippen molar-refractivity contribution in [2.45, 2.75) is 37.8 Å². The number of benzene rings is 2. The minimum Gasteiger partial charge on any atom is -0.300 e. The quantitative estimate of drug-likeness (QED) is 0.675. The first-order valence-electron chi connectivity index (χ1n) is 7.64. The Morgan fingerprint density at radius 1 is 0.913 bits per heavy atom. The second-order valence-corrected chi connectivity index (χ2v) is 5.59. The van der Waals surface area contributed by atoms with Gasteiger partial charge in [0, 0.05) is 12.8 Å². The number of hydrogen-bond acceptors (Lipinski definition) is 1. The van der Waals surface area contributed by atoms with E-state index in [0.717, 1.165) is 5.56 Å². The topological polar surface area (TPSA) is 17.1 Å². The van der Waals surface area contributed by atoms with Crippen molar-refractivity contribution in [3.05, 3.63) is 71.8 Å². The number of aryl methyl sites for hydroxylation is 1. The molecule has 0 aliphatic carbocycles. The molecule has 0 aliphatic rings. The molecule has 1 atom stereocenters. The minimum absolute atomic E-state index is 0.149. The standard InChI is InChI=1S/C19H19F3O/c20-19(21,22)18(16-11-5-2-6-12-16)14-17(23)13-7-10-15-8-3-1-4-9-15/h1-6,8-9,11-12,18H,7,10,13-14H2/t18-/m0/s1. The summed E-state index contributed by atoms with van der Waals surface area (Å²) in [6.45, 7) is 0. The van der Waals surface area contributed by atoms with Gasteiger partial charge in [-0.15, -0.1) is 0 Å². The van der Waals surface area contributed by atoms with Gasteiger partial charge in [0.2, 0.25) is 0 Å². The number of halogens is 3. The van der Waals surface area contributed by atoms with Gasteiger partial charge in [-0.1, -0.05) is 60.7 Å². The number of ketones is 1. The number of carbonyl (C=O) groups is 1. The summed E-state index contributed by atoms with van der Waals surface area (Å²) in [5.41, 5.74) is 1.24. The first-order valence-corrected chi connectivity index (χ1v) is 7.64. The Morgan fingerprint density at radius 3 is 2.04 bits per heavy atom. The van der Waals surface area contributed by atoms with Crippen molar-refractivity contribution in [1.82, 2.24) is 0 Å². The van der Waals surface area contributed by atoms with Crippen LogP contribution in [0, 0.1) is 0 Å². The molecule has 4 heteroatoms. The molecule has 2 aromatic rings. The minimum atomic E-state index is -4.41. The van der Waals surface area contributed by atoms with E-state index in [2.05, 4.69) is 0 Å². The van der Waals surface area contributed by atoms with Crippen LogP contribution in [0.25, 0.3) is 0 Å². The van der Waals surface area contributed by atoms with Crippen LogP contribution < -0.4 is 0 Å². The molecule has 2 aromatic carbocycles. The predicted molar refractivity (Wildman–Crippen MR) is 84.2 cm³/mol. The largest absolute Gasteiger partial charge is 0.396 e. The summed E-state index contributed by atoms with van der Waals surface area (Å²) in [5.74, 6) is -2.06. The Kier molecular flexibility index (Phi) is 5.97. The van der Waals surface area contributed by atoms with Crippen LogP contribution in [0.2, 0.25) is 0 Å². The van der Waals surface area contributed by atoms with Crippen LogP contribution in [0.5, 0.6) is 0 Å². The summed E-state index contributed by atoms with van der Waals surface area (Å²) >= 11 is 0. The Morgan fingerprint density at radius 2 is 1.48 bits per heavy atom. The lowest BCUT2D eigenvalue weighted by Crippen LogP contribution is -2.23. The van der Waals surface area contributed by atoms with Crippen molar-refractivity contribution in [3.63, 3.8) is 0 Å². The van der Waals surface area contributed by atoms with Crippen molar-refractivity contribution in [1.29, 1.82) is 0 Å². The first kappa shape index (κ1) is 17.3. The van der Waals surface area contributed by atoms with Crippen LogP contribution in [0.4, 0.5) is 13.2 Å². The highest BCUT2D eigenvalue weighted by molar-refractivity contribution is 5.79. The number of alkyl halides is 3. The maximum Gasteiger partial charge on any atom is 0.396 e. The number of carbonyl (C=O) groups excluding carboxylic acids is 1. The van der Waals surface area contributed by atoms with Crippen LogP contribution in [-0.2, 0) is 11.2 Å². The van der Waals surface area contributed by atoms with Gasteiger partial charge in [-0.2, -0.15) is 13.2 Å². The fraction of sp³-hybridized carbons (Fsp3) is 0.316. The summed E-state index contributed by atoms with van der Waals surface area (Å²) < 4.78 is 39.6. The molecule has 2 rings (SSSR count). The van der Waals surface area contributed by atoms with Gasteiger partial charge >= 0.3 is 6.18 Å². The van der Waals surface area contributed by atoms with E-state index in [1.54, 1.807) is 18.2 Å².